The summed E-state index contributed by atoms with van der Waals surface area (Å²) in [5, 5.41) is 11.8. The number of hydrogen-bond donors (Lipinski definition) is 2. The summed E-state index contributed by atoms with van der Waals surface area (Å²) in [5.41, 5.74) is 3.31. The summed E-state index contributed by atoms with van der Waals surface area (Å²) in [6.07, 6.45) is 1.60. The Balaban J connectivity index is 1.36. The highest BCUT2D eigenvalue weighted by Crippen LogP contribution is 2.16. The first-order valence-corrected chi connectivity index (χ1v) is 8.92. The third-order valence-corrected chi connectivity index (χ3v) is 4.76. The highest BCUT2D eigenvalue weighted by atomic mass is 16.2. The first-order valence-electron chi connectivity index (χ1n) is 8.92. The van der Waals surface area contributed by atoms with Crippen LogP contribution in [0.25, 0.3) is 11.0 Å². The van der Waals surface area contributed by atoms with Crippen LogP contribution in [-0.4, -0.2) is 57.9 Å². The minimum Gasteiger partial charge on any atom is -0.345 e. The monoisotopic (exact) mass is 374 g/mol. The Labute approximate surface area is 161 Å². The Morgan fingerprint density at radius 1 is 1.07 bits per heavy atom. The molecule has 140 valence electrons. The molecule has 3 amide bonds. The average Bonchev–Trinajstić information content (AvgIpc) is 3.21. The molecule has 0 spiro atoms. The van der Waals surface area contributed by atoms with Gasteiger partial charge in [-0.15, -0.1) is 0 Å². The second-order valence-corrected chi connectivity index (χ2v) is 6.54. The van der Waals surface area contributed by atoms with Gasteiger partial charge in [-0.1, -0.05) is 6.07 Å². The first kappa shape index (κ1) is 17.5. The minimum absolute atomic E-state index is 0.0571. The van der Waals surface area contributed by atoms with E-state index in [1.54, 1.807) is 52.5 Å². The fourth-order valence-corrected chi connectivity index (χ4v) is 3.23. The molecule has 0 aliphatic carbocycles. The van der Waals surface area contributed by atoms with E-state index < -0.39 is 0 Å². The van der Waals surface area contributed by atoms with Gasteiger partial charge in [0.05, 0.1) is 29.0 Å². The number of carbonyl (C=O) groups excluding carboxylic acids is 2. The number of rotatable bonds is 2. The Morgan fingerprint density at radius 2 is 1.86 bits per heavy atom. The number of aromatic nitrogens is 2. The molecule has 1 fully saturated rings. The van der Waals surface area contributed by atoms with Crippen LogP contribution >= 0.6 is 0 Å². The van der Waals surface area contributed by atoms with Gasteiger partial charge in [0.2, 0.25) is 0 Å². The maximum Gasteiger partial charge on any atom is 0.321 e. The number of fused-ring (bicyclic) bond motifs is 1. The quantitative estimate of drug-likeness (QED) is 0.718. The molecule has 0 saturated carbocycles. The lowest BCUT2D eigenvalue weighted by atomic mass is 10.1. The number of piperazine rings is 1. The maximum atomic E-state index is 12.7. The molecule has 1 aliphatic rings. The molecule has 2 N–H and O–H groups in total. The van der Waals surface area contributed by atoms with E-state index >= 15 is 0 Å². The van der Waals surface area contributed by atoms with Crippen LogP contribution in [0.2, 0.25) is 0 Å². The maximum absolute atomic E-state index is 12.7. The number of carbonyl (C=O) groups is 2. The number of anilines is 1. The van der Waals surface area contributed by atoms with Crippen molar-refractivity contribution in [1.29, 1.82) is 5.26 Å². The Hall–Kier alpha value is -3.86. The van der Waals surface area contributed by atoms with E-state index in [0.29, 0.717) is 43.0 Å². The molecule has 0 bridgehead atoms. The number of benzene rings is 2. The van der Waals surface area contributed by atoms with Crippen LogP contribution in [0.15, 0.2) is 48.8 Å². The zero-order chi connectivity index (χ0) is 19.5. The largest absolute Gasteiger partial charge is 0.345 e. The van der Waals surface area contributed by atoms with Crippen LogP contribution in [0.4, 0.5) is 10.5 Å². The number of H-pyrrole nitrogens is 1. The SMILES string of the molecule is N#Cc1cccc(NC(=O)N2CCN(C(=O)c3ccc4nc[nH]c4c3)CC2)c1. The Morgan fingerprint density at radius 3 is 2.64 bits per heavy atom. The number of urea groups is 1. The van der Waals surface area contributed by atoms with E-state index in [1.807, 2.05) is 12.1 Å². The van der Waals surface area contributed by atoms with Gasteiger partial charge in [0.1, 0.15) is 0 Å². The van der Waals surface area contributed by atoms with Crippen LogP contribution in [-0.2, 0) is 0 Å². The fraction of sp³-hybridized carbons (Fsp3) is 0.200. The van der Waals surface area contributed by atoms with Crippen LogP contribution in [0, 0.1) is 11.3 Å². The van der Waals surface area contributed by atoms with E-state index in [0.717, 1.165) is 11.0 Å². The van der Waals surface area contributed by atoms with Gasteiger partial charge < -0.3 is 20.1 Å². The summed E-state index contributed by atoms with van der Waals surface area (Å²) >= 11 is 0. The molecule has 0 atom stereocenters. The van der Waals surface area contributed by atoms with E-state index in [-0.39, 0.29) is 11.9 Å². The van der Waals surface area contributed by atoms with Gasteiger partial charge in [0.15, 0.2) is 0 Å². The second-order valence-electron chi connectivity index (χ2n) is 6.54. The van der Waals surface area contributed by atoms with Crippen LogP contribution in [0.5, 0.6) is 0 Å². The number of imidazole rings is 1. The summed E-state index contributed by atoms with van der Waals surface area (Å²) in [4.78, 5) is 35.8. The molecule has 2 heterocycles. The Bertz CT molecular complexity index is 1080. The summed E-state index contributed by atoms with van der Waals surface area (Å²) in [5.74, 6) is -0.0571. The number of nitriles is 1. The molecular formula is C20H18N6O2. The lowest BCUT2D eigenvalue weighted by Gasteiger charge is -2.34. The molecule has 3 aromatic rings. The van der Waals surface area contributed by atoms with Crippen molar-refractivity contribution in [2.45, 2.75) is 0 Å². The predicted octanol–water partition coefficient (Wildman–Crippen LogP) is 2.42. The Kier molecular flexibility index (Phi) is 4.64. The van der Waals surface area contributed by atoms with Gasteiger partial charge in [0, 0.05) is 37.4 Å². The van der Waals surface area contributed by atoms with Gasteiger partial charge in [-0.25, -0.2) is 9.78 Å². The van der Waals surface area contributed by atoms with Crippen molar-refractivity contribution < 1.29 is 9.59 Å². The molecule has 1 aromatic heterocycles. The normalized spacial score (nSPS) is 14.0. The minimum atomic E-state index is -0.235. The zero-order valence-corrected chi connectivity index (χ0v) is 15.1. The molecule has 1 aliphatic heterocycles. The van der Waals surface area contributed by atoms with Gasteiger partial charge in [-0.2, -0.15) is 5.26 Å². The zero-order valence-electron chi connectivity index (χ0n) is 15.1. The van der Waals surface area contributed by atoms with Crippen molar-refractivity contribution in [3.8, 4) is 6.07 Å². The number of nitrogens with one attached hydrogen (secondary N) is 2. The van der Waals surface area contributed by atoms with Crippen molar-refractivity contribution >= 4 is 28.7 Å². The van der Waals surface area contributed by atoms with Gasteiger partial charge in [-0.05, 0) is 36.4 Å². The smallest absolute Gasteiger partial charge is 0.321 e. The fourth-order valence-electron chi connectivity index (χ4n) is 3.23. The lowest BCUT2D eigenvalue weighted by Crippen LogP contribution is -2.51. The van der Waals surface area contributed by atoms with Crippen molar-refractivity contribution in [2.24, 2.45) is 0 Å². The summed E-state index contributed by atoms with van der Waals surface area (Å²) < 4.78 is 0. The molecule has 0 unspecified atom stereocenters. The second kappa shape index (κ2) is 7.40. The summed E-state index contributed by atoms with van der Waals surface area (Å²) in [7, 11) is 0. The third-order valence-electron chi connectivity index (χ3n) is 4.76. The van der Waals surface area contributed by atoms with E-state index in [2.05, 4.69) is 15.3 Å². The molecule has 8 heteroatoms. The molecule has 4 rings (SSSR count). The summed E-state index contributed by atoms with van der Waals surface area (Å²) in [6, 6.07) is 14.0. The molecular weight excluding hydrogens is 356 g/mol. The van der Waals surface area contributed by atoms with E-state index in [1.165, 1.54) is 0 Å². The number of hydrogen-bond acceptors (Lipinski definition) is 4. The number of aromatic amines is 1. The van der Waals surface area contributed by atoms with Crippen LogP contribution in [0.3, 0.4) is 0 Å². The van der Waals surface area contributed by atoms with Crippen molar-refractivity contribution in [3.63, 3.8) is 0 Å². The molecule has 28 heavy (non-hydrogen) atoms. The van der Waals surface area contributed by atoms with Crippen molar-refractivity contribution in [1.82, 2.24) is 19.8 Å². The van der Waals surface area contributed by atoms with Gasteiger partial charge in [-0.3, -0.25) is 4.79 Å². The van der Waals surface area contributed by atoms with Gasteiger partial charge >= 0.3 is 6.03 Å². The van der Waals surface area contributed by atoms with E-state index in [9.17, 15) is 9.59 Å². The lowest BCUT2D eigenvalue weighted by molar-refractivity contribution is 0.0672. The van der Waals surface area contributed by atoms with Crippen molar-refractivity contribution in [3.05, 3.63) is 59.9 Å². The molecule has 0 radical (unpaired) electrons. The average molecular weight is 374 g/mol. The standard InChI is InChI=1S/C20H18N6O2/c21-12-14-2-1-3-16(10-14)24-20(28)26-8-6-25(7-9-26)19(27)15-4-5-17-18(11-15)23-13-22-17/h1-5,10-11,13H,6-9H2,(H,22,23)(H,24,28). The van der Waals surface area contributed by atoms with E-state index in [4.69, 9.17) is 5.26 Å². The van der Waals surface area contributed by atoms with Crippen LogP contribution < -0.4 is 5.32 Å². The number of amides is 3. The molecule has 1 saturated heterocycles. The topological polar surface area (TPSA) is 105 Å². The van der Waals surface area contributed by atoms with Crippen molar-refractivity contribution in [2.75, 3.05) is 31.5 Å². The first-order chi connectivity index (χ1) is 13.6. The highest BCUT2D eigenvalue weighted by Gasteiger charge is 2.25. The predicted molar refractivity (Wildman–Crippen MR) is 104 cm³/mol. The molecule has 8 nitrogen and oxygen atoms in total. The highest BCUT2D eigenvalue weighted by molar-refractivity contribution is 5.97. The summed E-state index contributed by atoms with van der Waals surface area (Å²) in [6.45, 7) is 1.82. The third kappa shape index (κ3) is 3.50. The van der Waals surface area contributed by atoms with Crippen LogP contribution in [0.1, 0.15) is 15.9 Å². The number of nitrogens with zero attached hydrogens (tertiary/aromatic N) is 4. The molecule has 2 aromatic carbocycles. The van der Waals surface area contributed by atoms with Gasteiger partial charge in [0.25, 0.3) is 5.91 Å².